The molecule has 0 aromatic rings. The Morgan fingerprint density at radius 3 is 2.93 bits per heavy atom. The third-order valence-electron chi connectivity index (χ3n) is 1.65. The summed E-state index contributed by atoms with van der Waals surface area (Å²) in [4.78, 5) is 21.8. The number of carboxylic acid groups (broad SMARTS) is 1. The van der Waals surface area contributed by atoms with Gasteiger partial charge >= 0.3 is 5.97 Å². The van der Waals surface area contributed by atoms with E-state index in [2.05, 4.69) is 0 Å². The molecule has 1 aliphatic rings. The normalized spacial score (nSPS) is 21.6. The molecular formula is C7H9FN2O4. The first-order valence-corrected chi connectivity index (χ1v) is 3.84. The van der Waals surface area contributed by atoms with Crippen molar-refractivity contribution in [1.82, 2.24) is 10.2 Å². The van der Waals surface area contributed by atoms with Crippen molar-refractivity contribution in [2.75, 3.05) is 6.54 Å². The second-order valence-corrected chi connectivity index (χ2v) is 2.71. The molecule has 0 fully saturated rings. The number of carboxylic acids is 1. The number of rotatable bonds is 3. The van der Waals surface area contributed by atoms with Crippen LogP contribution in [0.3, 0.4) is 0 Å². The highest BCUT2D eigenvalue weighted by molar-refractivity contribution is 5.91. The number of hydrogen-bond donors (Lipinski definition) is 3. The fraction of sp³-hybridized carbons (Fsp3) is 0.429. The molecular weight excluding hydrogens is 195 g/mol. The van der Waals surface area contributed by atoms with Crippen LogP contribution >= 0.6 is 0 Å². The monoisotopic (exact) mass is 204 g/mol. The van der Waals surface area contributed by atoms with Gasteiger partial charge in [0.2, 0.25) is 12.2 Å². The van der Waals surface area contributed by atoms with Gasteiger partial charge in [-0.3, -0.25) is 9.59 Å². The lowest BCUT2D eigenvalue weighted by Crippen LogP contribution is -2.50. The van der Waals surface area contributed by atoms with E-state index in [1.165, 1.54) is 0 Å². The summed E-state index contributed by atoms with van der Waals surface area (Å²) in [5, 5.41) is 19.4. The SMILES string of the molecule is O=C(O)CCN1C=C(F)C(=O)NC1O. The number of aliphatic carboxylic acids is 1. The molecule has 1 heterocycles. The molecule has 0 spiro atoms. The van der Waals surface area contributed by atoms with Gasteiger partial charge in [0.1, 0.15) is 0 Å². The number of carbonyl (C=O) groups is 2. The lowest BCUT2D eigenvalue weighted by atomic mass is 10.3. The summed E-state index contributed by atoms with van der Waals surface area (Å²) in [5.74, 6) is -3.13. The van der Waals surface area contributed by atoms with E-state index in [0.29, 0.717) is 0 Å². The summed E-state index contributed by atoms with van der Waals surface area (Å²) in [6, 6.07) is 0. The number of nitrogens with zero attached hydrogens (tertiary/aromatic N) is 1. The smallest absolute Gasteiger partial charge is 0.305 e. The zero-order valence-electron chi connectivity index (χ0n) is 7.11. The minimum absolute atomic E-state index is 0.0792. The van der Waals surface area contributed by atoms with Gasteiger partial charge in [0.25, 0.3) is 5.91 Å². The standard InChI is InChI=1S/C7H9FN2O4/c8-4-3-10(2-1-5(11)12)7(14)9-6(4)13/h3,7,14H,1-2H2,(H,9,13)(H,11,12). The van der Waals surface area contributed by atoms with E-state index < -0.39 is 24.1 Å². The summed E-state index contributed by atoms with van der Waals surface area (Å²) in [6.45, 7) is -0.0792. The number of carbonyl (C=O) groups excluding carboxylic acids is 1. The quantitative estimate of drug-likeness (QED) is 0.547. The third kappa shape index (κ3) is 2.43. The molecule has 1 rings (SSSR count). The molecule has 0 aromatic heterocycles. The highest BCUT2D eigenvalue weighted by Crippen LogP contribution is 2.09. The van der Waals surface area contributed by atoms with Gasteiger partial charge in [-0.05, 0) is 0 Å². The first-order valence-electron chi connectivity index (χ1n) is 3.84. The Morgan fingerprint density at radius 1 is 1.71 bits per heavy atom. The van der Waals surface area contributed by atoms with Crippen LogP contribution in [-0.2, 0) is 9.59 Å². The van der Waals surface area contributed by atoms with Crippen molar-refractivity contribution in [3.05, 3.63) is 12.0 Å². The van der Waals surface area contributed by atoms with Crippen LogP contribution in [0.2, 0.25) is 0 Å². The average Bonchev–Trinajstić information content (AvgIpc) is 2.09. The second-order valence-electron chi connectivity index (χ2n) is 2.71. The Morgan fingerprint density at radius 2 is 2.36 bits per heavy atom. The number of hydrogen-bond acceptors (Lipinski definition) is 4. The Balaban J connectivity index is 2.60. The van der Waals surface area contributed by atoms with Gasteiger partial charge in [0.15, 0.2) is 0 Å². The second kappa shape index (κ2) is 4.05. The molecule has 6 nitrogen and oxygen atoms in total. The molecule has 7 heteroatoms. The molecule has 0 aromatic carbocycles. The van der Waals surface area contributed by atoms with Crippen molar-refractivity contribution >= 4 is 11.9 Å². The Kier molecular flexibility index (Phi) is 3.03. The number of amides is 1. The molecule has 0 radical (unpaired) electrons. The zero-order valence-corrected chi connectivity index (χ0v) is 7.11. The van der Waals surface area contributed by atoms with Crippen LogP contribution < -0.4 is 5.32 Å². The van der Waals surface area contributed by atoms with Crippen molar-refractivity contribution in [1.29, 1.82) is 0 Å². The number of halogens is 1. The molecule has 0 bridgehead atoms. The van der Waals surface area contributed by atoms with Crippen LogP contribution in [0.5, 0.6) is 0 Å². The van der Waals surface area contributed by atoms with E-state index in [0.717, 1.165) is 11.1 Å². The molecule has 1 aliphatic heterocycles. The van der Waals surface area contributed by atoms with Gasteiger partial charge in [-0.25, -0.2) is 0 Å². The Labute approximate surface area is 78.6 Å². The predicted octanol–water partition coefficient (Wildman–Crippen LogP) is -1.02. The van der Waals surface area contributed by atoms with Gasteiger partial charge < -0.3 is 20.4 Å². The summed E-state index contributed by atoms with van der Waals surface area (Å²) in [6.07, 6.45) is -0.843. The topological polar surface area (TPSA) is 89.9 Å². The Hall–Kier alpha value is -1.63. The van der Waals surface area contributed by atoms with Crippen LogP contribution in [0.15, 0.2) is 12.0 Å². The maximum absolute atomic E-state index is 12.7. The molecule has 1 atom stereocenters. The summed E-state index contributed by atoms with van der Waals surface area (Å²) in [7, 11) is 0. The van der Waals surface area contributed by atoms with Gasteiger partial charge in [-0.15, -0.1) is 0 Å². The molecule has 14 heavy (non-hydrogen) atoms. The maximum Gasteiger partial charge on any atom is 0.305 e. The van der Waals surface area contributed by atoms with Crippen LogP contribution in [-0.4, -0.2) is 39.9 Å². The summed E-state index contributed by atoms with van der Waals surface area (Å²) in [5.41, 5.74) is 0. The van der Waals surface area contributed by atoms with E-state index in [1.807, 2.05) is 5.32 Å². The van der Waals surface area contributed by atoms with Crippen LogP contribution in [0.25, 0.3) is 0 Å². The van der Waals surface area contributed by atoms with Gasteiger partial charge in [0, 0.05) is 12.7 Å². The van der Waals surface area contributed by atoms with Crippen LogP contribution in [0, 0.1) is 0 Å². The van der Waals surface area contributed by atoms with Crippen molar-refractivity contribution in [3.8, 4) is 0 Å². The minimum atomic E-state index is -1.37. The predicted molar refractivity (Wildman–Crippen MR) is 42.3 cm³/mol. The summed E-state index contributed by atoms with van der Waals surface area (Å²) >= 11 is 0. The average molecular weight is 204 g/mol. The molecule has 0 saturated heterocycles. The molecule has 0 aliphatic carbocycles. The van der Waals surface area contributed by atoms with Gasteiger partial charge in [-0.2, -0.15) is 4.39 Å². The van der Waals surface area contributed by atoms with Crippen molar-refractivity contribution in [2.45, 2.75) is 12.8 Å². The summed E-state index contributed by atoms with van der Waals surface area (Å²) < 4.78 is 12.7. The number of aliphatic hydroxyl groups is 1. The zero-order chi connectivity index (χ0) is 10.7. The fourth-order valence-electron chi connectivity index (χ4n) is 0.956. The van der Waals surface area contributed by atoms with Crippen molar-refractivity contribution in [3.63, 3.8) is 0 Å². The number of aliphatic hydroxyl groups excluding tert-OH is 1. The largest absolute Gasteiger partial charge is 0.481 e. The first kappa shape index (κ1) is 10.5. The minimum Gasteiger partial charge on any atom is -0.481 e. The van der Waals surface area contributed by atoms with E-state index in [9.17, 15) is 14.0 Å². The molecule has 1 unspecified atom stereocenters. The fourth-order valence-corrected chi connectivity index (χ4v) is 0.956. The first-order chi connectivity index (χ1) is 6.50. The van der Waals surface area contributed by atoms with Crippen molar-refractivity contribution < 1.29 is 24.2 Å². The van der Waals surface area contributed by atoms with Gasteiger partial charge in [0.05, 0.1) is 6.42 Å². The molecule has 3 N–H and O–H groups in total. The lowest BCUT2D eigenvalue weighted by molar-refractivity contribution is -0.138. The van der Waals surface area contributed by atoms with Crippen molar-refractivity contribution in [2.24, 2.45) is 0 Å². The maximum atomic E-state index is 12.7. The van der Waals surface area contributed by atoms with E-state index >= 15 is 0 Å². The lowest BCUT2D eigenvalue weighted by Gasteiger charge is -2.29. The molecule has 0 saturated carbocycles. The van der Waals surface area contributed by atoms with E-state index in [-0.39, 0.29) is 13.0 Å². The Bertz CT molecular complexity index is 291. The van der Waals surface area contributed by atoms with E-state index in [4.69, 9.17) is 10.2 Å². The van der Waals surface area contributed by atoms with E-state index in [1.54, 1.807) is 0 Å². The van der Waals surface area contributed by atoms with Crippen LogP contribution in [0.1, 0.15) is 6.42 Å². The number of nitrogens with one attached hydrogen (secondary N) is 1. The third-order valence-corrected chi connectivity index (χ3v) is 1.65. The highest BCUT2D eigenvalue weighted by atomic mass is 19.1. The molecule has 78 valence electrons. The highest BCUT2D eigenvalue weighted by Gasteiger charge is 2.24. The van der Waals surface area contributed by atoms with Crippen LogP contribution in [0.4, 0.5) is 4.39 Å². The van der Waals surface area contributed by atoms with Gasteiger partial charge in [-0.1, -0.05) is 0 Å². The molecule has 1 amide bonds.